The molecule has 0 radical (unpaired) electrons. The van der Waals surface area contributed by atoms with Gasteiger partial charge in [-0.1, -0.05) is 31.3 Å². The van der Waals surface area contributed by atoms with Gasteiger partial charge in [0.2, 0.25) is 5.91 Å². The summed E-state index contributed by atoms with van der Waals surface area (Å²) in [6.07, 6.45) is 0.271. The Bertz CT molecular complexity index is 421. The Balaban J connectivity index is 2.65. The minimum Gasteiger partial charge on any atom is -0.495 e. The minimum absolute atomic E-state index is 0.111. The van der Waals surface area contributed by atoms with Crippen molar-refractivity contribution in [1.29, 1.82) is 0 Å². The highest BCUT2D eigenvalue weighted by molar-refractivity contribution is 7.80. The molecule has 0 heterocycles. The molecule has 5 heteroatoms. The number of para-hydroxylation sites is 2. The molecule has 1 aromatic rings. The zero-order valence-electron chi connectivity index (χ0n) is 9.90. The SMILES string of the molecule is COc1ccccc1NC(=O)CC(C)C(N)=S. The Kier molecular flexibility index (Phi) is 4.90. The summed E-state index contributed by atoms with van der Waals surface area (Å²) in [6, 6.07) is 7.23. The second kappa shape index (κ2) is 6.20. The Hall–Kier alpha value is -1.62. The predicted octanol–water partition coefficient (Wildman–Crippen LogP) is 1.95. The fraction of sp³-hybridized carbons (Fsp3) is 0.333. The van der Waals surface area contributed by atoms with Crippen molar-refractivity contribution in [1.82, 2.24) is 0 Å². The van der Waals surface area contributed by atoms with Crippen LogP contribution in [0.4, 0.5) is 5.69 Å². The number of hydrogen-bond acceptors (Lipinski definition) is 3. The third-order valence-corrected chi connectivity index (χ3v) is 2.76. The number of methoxy groups -OCH3 is 1. The van der Waals surface area contributed by atoms with Crippen LogP contribution < -0.4 is 15.8 Å². The Morgan fingerprint density at radius 3 is 2.76 bits per heavy atom. The molecule has 0 bridgehead atoms. The fourth-order valence-electron chi connectivity index (χ4n) is 1.33. The molecule has 0 aliphatic carbocycles. The van der Waals surface area contributed by atoms with E-state index in [1.54, 1.807) is 19.2 Å². The van der Waals surface area contributed by atoms with Crippen LogP contribution in [0, 0.1) is 5.92 Å². The van der Waals surface area contributed by atoms with Gasteiger partial charge in [0.05, 0.1) is 17.8 Å². The molecule has 1 rings (SSSR count). The first-order chi connectivity index (χ1) is 8.04. The molecular weight excluding hydrogens is 236 g/mol. The highest BCUT2D eigenvalue weighted by atomic mass is 32.1. The van der Waals surface area contributed by atoms with Crippen LogP contribution in [-0.4, -0.2) is 18.0 Å². The number of nitrogens with two attached hydrogens (primary N) is 1. The highest BCUT2D eigenvalue weighted by Crippen LogP contribution is 2.23. The lowest BCUT2D eigenvalue weighted by Crippen LogP contribution is -2.24. The van der Waals surface area contributed by atoms with E-state index in [4.69, 9.17) is 22.7 Å². The van der Waals surface area contributed by atoms with Crippen LogP contribution in [0.2, 0.25) is 0 Å². The summed E-state index contributed by atoms with van der Waals surface area (Å²) in [5.41, 5.74) is 6.11. The van der Waals surface area contributed by atoms with Crippen molar-refractivity contribution in [2.45, 2.75) is 13.3 Å². The van der Waals surface area contributed by atoms with E-state index in [9.17, 15) is 4.79 Å². The van der Waals surface area contributed by atoms with E-state index in [-0.39, 0.29) is 18.2 Å². The Morgan fingerprint density at radius 2 is 2.18 bits per heavy atom. The van der Waals surface area contributed by atoms with Crippen LogP contribution in [0.3, 0.4) is 0 Å². The van der Waals surface area contributed by atoms with Gasteiger partial charge in [0.25, 0.3) is 0 Å². The summed E-state index contributed by atoms with van der Waals surface area (Å²) in [6.45, 7) is 1.82. The topological polar surface area (TPSA) is 64.3 Å². The molecule has 0 spiro atoms. The first kappa shape index (κ1) is 13.4. The summed E-state index contributed by atoms with van der Waals surface area (Å²) in [5.74, 6) is 0.387. The van der Waals surface area contributed by atoms with Gasteiger partial charge < -0.3 is 15.8 Å². The standard InChI is InChI=1S/C12H16N2O2S/c1-8(12(13)17)7-11(15)14-9-5-3-4-6-10(9)16-2/h3-6,8H,7H2,1-2H3,(H2,13,17)(H,14,15). The number of benzene rings is 1. The average Bonchev–Trinajstić information content (AvgIpc) is 2.29. The van der Waals surface area contributed by atoms with Crippen molar-refractivity contribution in [3.8, 4) is 5.75 Å². The number of hydrogen-bond donors (Lipinski definition) is 2. The summed E-state index contributed by atoms with van der Waals surface area (Å²) in [5, 5.41) is 2.77. The molecule has 1 amide bonds. The molecule has 0 aliphatic rings. The van der Waals surface area contributed by atoms with Gasteiger partial charge in [-0.25, -0.2) is 0 Å². The third-order valence-electron chi connectivity index (χ3n) is 2.36. The zero-order valence-corrected chi connectivity index (χ0v) is 10.7. The van der Waals surface area contributed by atoms with Gasteiger partial charge >= 0.3 is 0 Å². The number of carbonyl (C=O) groups excluding carboxylic acids is 1. The van der Waals surface area contributed by atoms with E-state index in [1.165, 1.54) is 0 Å². The van der Waals surface area contributed by atoms with Gasteiger partial charge in [0, 0.05) is 12.3 Å². The minimum atomic E-state index is -0.130. The van der Waals surface area contributed by atoms with Crippen LogP contribution in [-0.2, 0) is 4.79 Å². The van der Waals surface area contributed by atoms with E-state index in [0.29, 0.717) is 16.4 Å². The van der Waals surface area contributed by atoms with Crippen molar-refractivity contribution in [2.24, 2.45) is 11.7 Å². The molecule has 0 saturated carbocycles. The van der Waals surface area contributed by atoms with Gasteiger partial charge in [-0.3, -0.25) is 4.79 Å². The van der Waals surface area contributed by atoms with Crippen LogP contribution in [0.1, 0.15) is 13.3 Å². The number of thiocarbonyl (C=S) groups is 1. The predicted molar refractivity (Wildman–Crippen MR) is 72.2 cm³/mol. The highest BCUT2D eigenvalue weighted by Gasteiger charge is 2.12. The largest absolute Gasteiger partial charge is 0.495 e. The maximum absolute atomic E-state index is 11.7. The number of amides is 1. The third kappa shape index (κ3) is 4.03. The van der Waals surface area contributed by atoms with Crippen LogP contribution in [0.15, 0.2) is 24.3 Å². The van der Waals surface area contributed by atoms with Gasteiger partial charge in [-0.05, 0) is 12.1 Å². The number of ether oxygens (including phenoxy) is 1. The number of carbonyl (C=O) groups is 1. The summed E-state index contributed by atoms with van der Waals surface area (Å²) in [7, 11) is 1.56. The monoisotopic (exact) mass is 252 g/mol. The lowest BCUT2D eigenvalue weighted by molar-refractivity contribution is -0.116. The first-order valence-corrected chi connectivity index (χ1v) is 5.67. The average molecular weight is 252 g/mol. The van der Waals surface area contributed by atoms with Gasteiger partial charge in [-0.2, -0.15) is 0 Å². The first-order valence-electron chi connectivity index (χ1n) is 5.26. The molecule has 92 valence electrons. The molecule has 4 nitrogen and oxygen atoms in total. The Morgan fingerprint density at radius 1 is 1.53 bits per heavy atom. The summed E-state index contributed by atoms with van der Waals surface area (Å²) >= 11 is 4.82. The van der Waals surface area contributed by atoms with E-state index in [0.717, 1.165) is 0 Å². The zero-order chi connectivity index (χ0) is 12.8. The second-order valence-corrected chi connectivity index (χ2v) is 4.23. The molecule has 1 unspecified atom stereocenters. The van der Waals surface area contributed by atoms with E-state index < -0.39 is 0 Å². The maximum Gasteiger partial charge on any atom is 0.225 e. The van der Waals surface area contributed by atoms with Crippen LogP contribution in [0.5, 0.6) is 5.75 Å². The molecule has 0 aliphatic heterocycles. The fourth-order valence-corrected chi connectivity index (χ4v) is 1.41. The van der Waals surface area contributed by atoms with E-state index in [2.05, 4.69) is 5.32 Å². The summed E-state index contributed by atoms with van der Waals surface area (Å²) < 4.78 is 5.13. The summed E-state index contributed by atoms with van der Waals surface area (Å²) in [4.78, 5) is 12.1. The van der Waals surface area contributed by atoms with E-state index in [1.807, 2.05) is 19.1 Å². The molecular formula is C12H16N2O2S. The number of rotatable bonds is 5. The van der Waals surface area contributed by atoms with Gasteiger partial charge in [0.15, 0.2) is 0 Å². The van der Waals surface area contributed by atoms with Crippen molar-refractivity contribution in [3.05, 3.63) is 24.3 Å². The van der Waals surface area contributed by atoms with Crippen LogP contribution >= 0.6 is 12.2 Å². The van der Waals surface area contributed by atoms with Crippen LogP contribution in [0.25, 0.3) is 0 Å². The molecule has 1 atom stereocenters. The normalized spacial score (nSPS) is 11.6. The molecule has 1 aromatic carbocycles. The quantitative estimate of drug-likeness (QED) is 0.786. The smallest absolute Gasteiger partial charge is 0.225 e. The number of anilines is 1. The second-order valence-electron chi connectivity index (χ2n) is 3.76. The van der Waals surface area contributed by atoms with Crippen molar-refractivity contribution in [3.63, 3.8) is 0 Å². The van der Waals surface area contributed by atoms with Crippen molar-refractivity contribution >= 4 is 28.8 Å². The van der Waals surface area contributed by atoms with Gasteiger partial charge in [-0.15, -0.1) is 0 Å². The lowest BCUT2D eigenvalue weighted by Gasteiger charge is -2.12. The Labute approximate surface area is 106 Å². The molecule has 0 saturated heterocycles. The van der Waals surface area contributed by atoms with Gasteiger partial charge in [0.1, 0.15) is 5.75 Å². The number of nitrogens with one attached hydrogen (secondary N) is 1. The molecule has 3 N–H and O–H groups in total. The molecule has 17 heavy (non-hydrogen) atoms. The van der Waals surface area contributed by atoms with E-state index >= 15 is 0 Å². The lowest BCUT2D eigenvalue weighted by atomic mass is 10.1. The maximum atomic E-state index is 11.7. The molecule has 0 fully saturated rings. The molecule has 0 aromatic heterocycles. The van der Waals surface area contributed by atoms with Crippen molar-refractivity contribution < 1.29 is 9.53 Å². The van der Waals surface area contributed by atoms with Crippen molar-refractivity contribution in [2.75, 3.05) is 12.4 Å².